The molecule has 124 valence electrons. The van der Waals surface area contributed by atoms with Gasteiger partial charge in [0.2, 0.25) is 0 Å². The van der Waals surface area contributed by atoms with Crippen molar-refractivity contribution in [2.24, 2.45) is 0 Å². The molecule has 2 heterocycles. The smallest absolute Gasteiger partial charge is 0.154 e. The zero-order valence-electron chi connectivity index (χ0n) is 13.8. The number of anilines is 1. The Morgan fingerprint density at radius 3 is 2.71 bits per heavy atom. The van der Waals surface area contributed by atoms with E-state index >= 15 is 0 Å². The molecule has 0 bridgehead atoms. The third-order valence-corrected chi connectivity index (χ3v) is 3.84. The zero-order valence-corrected chi connectivity index (χ0v) is 14.6. The van der Waals surface area contributed by atoms with Crippen LogP contribution in [0, 0.1) is 0 Å². The van der Waals surface area contributed by atoms with Crippen molar-refractivity contribution in [3.8, 4) is 11.4 Å². The molecule has 0 amide bonds. The van der Waals surface area contributed by atoms with Gasteiger partial charge in [-0.05, 0) is 57.4 Å². The normalized spacial score (nSPS) is 11.2. The lowest BCUT2D eigenvalue weighted by molar-refractivity contribution is 0.405. The van der Waals surface area contributed by atoms with Gasteiger partial charge in [0.25, 0.3) is 0 Å². The molecule has 0 radical (unpaired) electrons. The number of nitrogens with one attached hydrogen (secondary N) is 1. The number of pyridine rings is 1. The molecule has 24 heavy (non-hydrogen) atoms. The van der Waals surface area contributed by atoms with Gasteiger partial charge in [-0.2, -0.15) is 0 Å². The zero-order chi connectivity index (χ0) is 16.9. The molecule has 0 saturated heterocycles. The van der Waals surface area contributed by atoms with E-state index in [1.54, 1.807) is 6.20 Å². The van der Waals surface area contributed by atoms with E-state index < -0.39 is 0 Å². The summed E-state index contributed by atoms with van der Waals surface area (Å²) in [5, 5.41) is 4.05. The number of nitrogens with zero attached hydrogens (tertiary/aromatic N) is 4. The fourth-order valence-electron chi connectivity index (χ4n) is 2.43. The molecule has 1 N–H and O–H groups in total. The minimum atomic E-state index is 0.649. The predicted octanol–water partition coefficient (Wildman–Crippen LogP) is 3.71. The Morgan fingerprint density at radius 1 is 1.08 bits per heavy atom. The maximum atomic E-state index is 6.09. The van der Waals surface area contributed by atoms with Crippen molar-refractivity contribution in [1.82, 2.24) is 19.9 Å². The van der Waals surface area contributed by atoms with Crippen LogP contribution in [0.1, 0.15) is 6.42 Å². The van der Waals surface area contributed by atoms with Crippen LogP contribution in [0.3, 0.4) is 0 Å². The molecule has 0 aliphatic rings. The number of rotatable bonds is 6. The van der Waals surface area contributed by atoms with Crippen LogP contribution in [0.25, 0.3) is 22.4 Å². The van der Waals surface area contributed by atoms with Crippen molar-refractivity contribution in [1.29, 1.82) is 0 Å². The van der Waals surface area contributed by atoms with Gasteiger partial charge in [0.05, 0.1) is 16.7 Å². The first-order valence-electron chi connectivity index (χ1n) is 7.91. The molecule has 6 heteroatoms. The summed E-state index contributed by atoms with van der Waals surface area (Å²) in [5.41, 5.74) is 3.12. The first-order chi connectivity index (χ1) is 11.6. The van der Waals surface area contributed by atoms with Crippen LogP contribution in [0.5, 0.6) is 0 Å². The second-order valence-corrected chi connectivity index (χ2v) is 6.29. The second kappa shape index (κ2) is 7.55. The van der Waals surface area contributed by atoms with E-state index in [0.29, 0.717) is 5.02 Å². The van der Waals surface area contributed by atoms with Gasteiger partial charge in [-0.15, -0.1) is 0 Å². The van der Waals surface area contributed by atoms with Crippen molar-refractivity contribution in [2.45, 2.75) is 6.42 Å². The molecule has 0 saturated carbocycles. The van der Waals surface area contributed by atoms with Crippen molar-refractivity contribution in [2.75, 3.05) is 32.5 Å². The highest BCUT2D eigenvalue weighted by Crippen LogP contribution is 2.26. The Hall–Kier alpha value is -2.24. The van der Waals surface area contributed by atoms with Crippen LogP contribution in [-0.4, -0.2) is 47.0 Å². The fourth-order valence-corrected chi connectivity index (χ4v) is 2.60. The SMILES string of the molecule is CN(C)CCCNc1nc2ccc(Cl)cc2nc1-c1ccccn1. The van der Waals surface area contributed by atoms with Crippen LogP contribution < -0.4 is 5.32 Å². The van der Waals surface area contributed by atoms with Crippen LogP contribution in [0.2, 0.25) is 5.02 Å². The summed E-state index contributed by atoms with van der Waals surface area (Å²) in [4.78, 5) is 16.0. The van der Waals surface area contributed by atoms with E-state index in [2.05, 4.69) is 29.3 Å². The van der Waals surface area contributed by atoms with Crippen molar-refractivity contribution in [3.05, 3.63) is 47.6 Å². The van der Waals surface area contributed by atoms with Gasteiger partial charge in [0, 0.05) is 17.8 Å². The van der Waals surface area contributed by atoms with Gasteiger partial charge in [0.1, 0.15) is 5.69 Å². The van der Waals surface area contributed by atoms with Crippen LogP contribution in [-0.2, 0) is 0 Å². The Kier molecular flexibility index (Phi) is 5.23. The summed E-state index contributed by atoms with van der Waals surface area (Å²) in [7, 11) is 4.14. The third-order valence-electron chi connectivity index (χ3n) is 3.61. The molecule has 0 aliphatic heterocycles. The number of aromatic nitrogens is 3. The summed E-state index contributed by atoms with van der Waals surface area (Å²) >= 11 is 6.09. The van der Waals surface area contributed by atoms with Crippen molar-refractivity contribution in [3.63, 3.8) is 0 Å². The second-order valence-electron chi connectivity index (χ2n) is 5.85. The fraction of sp³-hybridized carbons (Fsp3) is 0.278. The molecule has 3 rings (SSSR count). The molecule has 2 aromatic heterocycles. The molecule has 0 atom stereocenters. The average Bonchev–Trinajstić information content (AvgIpc) is 2.58. The monoisotopic (exact) mass is 341 g/mol. The lowest BCUT2D eigenvalue weighted by atomic mass is 10.2. The summed E-state index contributed by atoms with van der Waals surface area (Å²) in [6.07, 6.45) is 2.78. The van der Waals surface area contributed by atoms with E-state index in [0.717, 1.165) is 47.7 Å². The molecule has 5 nitrogen and oxygen atoms in total. The van der Waals surface area contributed by atoms with Crippen LogP contribution in [0.15, 0.2) is 42.6 Å². The lowest BCUT2D eigenvalue weighted by Gasteiger charge is -2.13. The topological polar surface area (TPSA) is 53.9 Å². The number of benzene rings is 1. The van der Waals surface area contributed by atoms with Gasteiger partial charge in [-0.25, -0.2) is 9.97 Å². The van der Waals surface area contributed by atoms with Gasteiger partial charge < -0.3 is 10.2 Å². The van der Waals surface area contributed by atoms with E-state index in [4.69, 9.17) is 21.6 Å². The predicted molar refractivity (Wildman–Crippen MR) is 99.4 cm³/mol. The summed E-state index contributed by atoms with van der Waals surface area (Å²) in [5.74, 6) is 0.752. The van der Waals surface area contributed by atoms with E-state index in [1.165, 1.54) is 0 Å². The van der Waals surface area contributed by atoms with Crippen molar-refractivity contribution >= 4 is 28.5 Å². The van der Waals surface area contributed by atoms with Gasteiger partial charge in [-0.3, -0.25) is 4.98 Å². The Morgan fingerprint density at radius 2 is 1.96 bits per heavy atom. The third kappa shape index (κ3) is 3.99. The largest absolute Gasteiger partial charge is 0.368 e. The Balaban J connectivity index is 1.96. The number of hydrogen-bond donors (Lipinski definition) is 1. The van der Waals surface area contributed by atoms with E-state index in [9.17, 15) is 0 Å². The summed E-state index contributed by atoms with van der Waals surface area (Å²) in [6, 6.07) is 11.3. The lowest BCUT2D eigenvalue weighted by Crippen LogP contribution is -2.17. The van der Waals surface area contributed by atoms with E-state index in [1.807, 2.05) is 36.4 Å². The van der Waals surface area contributed by atoms with Crippen molar-refractivity contribution < 1.29 is 0 Å². The minimum Gasteiger partial charge on any atom is -0.368 e. The molecule has 0 unspecified atom stereocenters. The number of halogens is 1. The summed E-state index contributed by atoms with van der Waals surface area (Å²) < 4.78 is 0. The summed E-state index contributed by atoms with van der Waals surface area (Å²) in [6.45, 7) is 1.84. The highest BCUT2D eigenvalue weighted by Gasteiger charge is 2.12. The average molecular weight is 342 g/mol. The van der Waals surface area contributed by atoms with Gasteiger partial charge in [0.15, 0.2) is 5.82 Å². The van der Waals surface area contributed by atoms with Gasteiger partial charge in [-0.1, -0.05) is 17.7 Å². The maximum absolute atomic E-state index is 6.09. The first-order valence-corrected chi connectivity index (χ1v) is 8.28. The minimum absolute atomic E-state index is 0.649. The Labute approximate surface area is 146 Å². The molecule has 0 aliphatic carbocycles. The van der Waals surface area contributed by atoms with Crippen LogP contribution >= 0.6 is 11.6 Å². The van der Waals surface area contributed by atoms with Crippen LogP contribution in [0.4, 0.5) is 5.82 Å². The molecule has 0 fully saturated rings. The van der Waals surface area contributed by atoms with E-state index in [-0.39, 0.29) is 0 Å². The number of fused-ring (bicyclic) bond motifs is 1. The Bertz CT molecular complexity index is 820. The highest BCUT2D eigenvalue weighted by atomic mass is 35.5. The molecular formula is C18H20ClN5. The standard InChI is InChI=1S/C18H20ClN5/c1-24(2)11-5-10-21-18-17(15-6-3-4-9-20-15)22-16-12-13(19)7-8-14(16)23-18/h3-4,6-9,12H,5,10-11H2,1-2H3,(H,21,23). The van der Waals surface area contributed by atoms with Gasteiger partial charge >= 0.3 is 0 Å². The number of hydrogen-bond acceptors (Lipinski definition) is 5. The molecule has 3 aromatic rings. The molecule has 1 aromatic carbocycles. The quantitative estimate of drug-likeness (QED) is 0.693. The highest BCUT2D eigenvalue weighted by molar-refractivity contribution is 6.31. The first kappa shape index (κ1) is 16.6. The molecule has 0 spiro atoms. The maximum Gasteiger partial charge on any atom is 0.154 e. The molecular weight excluding hydrogens is 322 g/mol.